The lowest BCUT2D eigenvalue weighted by atomic mass is 9.98. The summed E-state index contributed by atoms with van der Waals surface area (Å²) in [6.45, 7) is 4.21. The number of carbonyl (C=O) groups excluding carboxylic acids is 5. The Bertz CT molecular complexity index is 936. The van der Waals surface area contributed by atoms with E-state index in [1.165, 1.54) is 19.1 Å². The predicted molar refractivity (Wildman–Crippen MR) is 121 cm³/mol. The van der Waals surface area contributed by atoms with E-state index >= 15 is 0 Å². The third kappa shape index (κ3) is 8.83. The van der Waals surface area contributed by atoms with Gasteiger partial charge < -0.3 is 33.7 Å². The second-order valence-corrected chi connectivity index (χ2v) is 7.95. The summed E-state index contributed by atoms with van der Waals surface area (Å²) >= 11 is 3.05. The van der Waals surface area contributed by atoms with Crippen molar-refractivity contribution in [2.24, 2.45) is 0 Å². The van der Waals surface area contributed by atoms with Gasteiger partial charge in [0, 0.05) is 33.4 Å². The average Bonchev–Trinajstić information content (AvgIpc) is 2.76. The highest BCUT2D eigenvalue weighted by Crippen LogP contribution is 2.31. The number of esters is 4. The quantitative estimate of drug-likeness (QED) is 0.266. The predicted octanol–water partition coefficient (Wildman–Crippen LogP) is 1.48. The van der Waals surface area contributed by atoms with Crippen molar-refractivity contribution in [2.75, 3.05) is 17.3 Å². The fraction of sp³-hybridized carbons (Fsp3) is 0.500. The average molecular weight is 560 g/mol. The van der Waals surface area contributed by atoms with E-state index in [2.05, 4.69) is 21.2 Å². The number of benzene rings is 1. The molecule has 12 nitrogen and oxygen atoms in total. The number of nitrogens with one attached hydrogen (secondary N) is 1. The molecule has 13 heteroatoms. The maximum atomic E-state index is 11.9. The van der Waals surface area contributed by atoms with Gasteiger partial charge in [0.2, 0.25) is 18.3 Å². The van der Waals surface area contributed by atoms with Gasteiger partial charge >= 0.3 is 23.9 Å². The molecule has 1 aromatic rings. The van der Waals surface area contributed by atoms with Crippen molar-refractivity contribution >= 4 is 51.4 Å². The standard InChI is InChI=1S/C22H26BrNO11/c1-11(25)30-10-17-19(31-12(2)26)20(32-13(3)27)21(33-14(4)28)22(35-17)34-16-7-5-15(6-8-16)24-18(29)9-23/h5-8,17,19-22H,9-10H2,1-4H3,(H,24,29)/t17-,19+,20+,21-,22-/m1/s1. The lowest BCUT2D eigenvalue weighted by Gasteiger charge is -2.43. The zero-order valence-electron chi connectivity index (χ0n) is 19.5. The van der Waals surface area contributed by atoms with E-state index in [1.54, 1.807) is 12.1 Å². The SMILES string of the molecule is CC(=O)OC[C@H]1O[C@@H](Oc2ccc(NC(=O)CBr)cc2)[C@H](OC(C)=O)[C@@H](OC(C)=O)[C@H]1OC(C)=O. The zero-order chi connectivity index (χ0) is 26.1. The number of hydrogen-bond donors (Lipinski definition) is 1. The van der Waals surface area contributed by atoms with Crippen LogP contribution in [0.4, 0.5) is 5.69 Å². The van der Waals surface area contributed by atoms with E-state index in [0.29, 0.717) is 5.69 Å². The Hall–Kier alpha value is -3.19. The Kier molecular flexibility index (Phi) is 10.5. The van der Waals surface area contributed by atoms with Gasteiger partial charge in [-0.3, -0.25) is 24.0 Å². The molecule has 0 radical (unpaired) electrons. The van der Waals surface area contributed by atoms with E-state index in [4.69, 9.17) is 28.4 Å². The molecule has 1 fully saturated rings. The molecule has 0 unspecified atom stereocenters. The third-order valence-electron chi connectivity index (χ3n) is 4.46. The van der Waals surface area contributed by atoms with Crippen molar-refractivity contribution in [3.8, 4) is 5.75 Å². The van der Waals surface area contributed by atoms with Gasteiger partial charge in [-0.2, -0.15) is 0 Å². The highest BCUT2D eigenvalue weighted by molar-refractivity contribution is 9.09. The van der Waals surface area contributed by atoms with Gasteiger partial charge in [-0.1, -0.05) is 15.9 Å². The first-order valence-electron chi connectivity index (χ1n) is 10.4. The topological polar surface area (TPSA) is 153 Å². The number of anilines is 1. The van der Waals surface area contributed by atoms with Crippen LogP contribution in [0, 0.1) is 0 Å². The van der Waals surface area contributed by atoms with Crippen LogP contribution < -0.4 is 10.1 Å². The minimum absolute atomic E-state index is 0.121. The van der Waals surface area contributed by atoms with Crippen molar-refractivity contribution in [2.45, 2.75) is 58.4 Å². The number of alkyl halides is 1. The second-order valence-electron chi connectivity index (χ2n) is 7.39. The van der Waals surface area contributed by atoms with E-state index < -0.39 is 54.6 Å². The van der Waals surface area contributed by atoms with Crippen LogP contribution in [0.15, 0.2) is 24.3 Å². The molecule has 1 N–H and O–H groups in total. The van der Waals surface area contributed by atoms with Gasteiger partial charge in [-0.15, -0.1) is 0 Å². The Labute approximate surface area is 209 Å². The lowest BCUT2D eigenvalue weighted by molar-refractivity contribution is -0.288. The normalized spacial score (nSPS) is 23.4. The number of hydrogen-bond acceptors (Lipinski definition) is 11. The molecule has 0 spiro atoms. The van der Waals surface area contributed by atoms with Gasteiger partial charge in [0.05, 0.1) is 5.33 Å². The largest absolute Gasteiger partial charge is 0.463 e. The van der Waals surface area contributed by atoms with Crippen molar-refractivity contribution in [1.29, 1.82) is 0 Å². The highest BCUT2D eigenvalue weighted by Gasteiger charge is 2.53. The molecule has 0 bridgehead atoms. The number of rotatable bonds is 9. The second kappa shape index (κ2) is 13.0. The van der Waals surface area contributed by atoms with Gasteiger partial charge in [0.25, 0.3) is 0 Å². The molecule has 1 aliphatic heterocycles. The highest BCUT2D eigenvalue weighted by atomic mass is 79.9. The Morgan fingerprint density at radius 1 is 0.829 bits per heavy atom. The number of amides is 1. The molecule has 1 saturated heterocycles. The molecule has 0 aromatic heterocycles. The fourth-order valence-electron chi connectivity index (χ4n) is 3.23. The minimum Gasteiger partial charge on any atom is -0.463 e. The van der Waals surface area contributed by atoms with Crippen LogP contribution in [0.5, 0.6) is 5.75 Å². The van der Waals surface area contributed by atoms with E-state index in [1.807, 2.05) is 0 Å². The summed E-state index contributed by atoms with van der Waals surface area (Å²) in [4.78, 5) is 58.4. The molecule has 1 heterocycles. The monoisotopic (exact) mass is 559 g/mol. The first-order chi connectivity index (χ1) is 16.5. The number of ether oxygens (including phenoxy) is 6. The van der Waals surface area contributed by atoms with Crippen LogP contribution in [0.3, 0.4) is 0 Å². The van der Waals surface area contributed by atoms with Crippen LogP contribution in [-0.4, -0.2) is 72.4 Å². The fourth-order valence-corrected chi connectivity index (χ4v) is 3.37. The van der Waals surface area contributed by atoms with Crippen LogP contribution in [0.25, 0.3) is 0 Å². The summed E-state index contributed by atoms with van der Waals surface area (Å²) in [5.74, 6) is -2.84. The van der Waals surface area contributed by atoms with Crippen LogP contribution in [0.1, 0.15) is 27.7 Å². The summed E-state index contributed by atoms with van der Waals surface area (Å²) < 4.78 is 32.7. The lowest BCUT2D eigenvalue weighted by Crippen LogP contribution is -2.63. The molecule has 1 amide bonds. The molecule has 1 aliphatic rings. The molecule has 35 heavy (non-hydrogen) atoms. The molecule has 5 atom stereocenters. The third-order valence-corrected chi connectivity index (χ3v) is 4.97. The van der Waals surface area contributed by atoms with Gasteiger partial charge in [0.15, 0.2) is 12.2 Å². The number of carbonyl (C=O) groups is 5. The zero-order valence-corrected chi connectivity index (χ0v) is 21.1. The maximum Gasteiger partial charge on any atom is 0.303 e. The summed E-state index contributed by atoms with van der Waals surface area (Å²) in [5, 5.41) is 2.77. The summed E-state index contributed by atoms with van der Waals surface area (Å²) in [6, 6.07) is 6.19. The smallest absolute Gasteiger partial charge is 0.303 e. The van der Waals surface area contributed by atoms with E-state index in [9.17, 15) is 24.0 Å². The van der Waals surface area contributed by atoms with Gasteiger partial charge in [-0.05, 0) is 24.3 Å². The van der Waals surface area contributed by atoms with Crippen molar-refractivity contribution in [1.82, 2.24) is 0 Å². The molecule has 0 aliphatic carbocycles. The molecular weight excluding hydrogens is 534 g/mol. The van der Waals surface area contributed by atoms with Crippen molar-refractivity contribution in [3.63, 3.8) is 0 Å². The van der Waals surface area contributed by atoms with Crippen LogP contribution in [-0.2, 0) is 47.7 Å². The Balaban J connectivity index is 2.38. The molecule has 1 aromatic carbocycles. The van der Waals surface area contributed by atoms with Gasteiger partial charge in [0.1, 0.15) is 18.5 Å². The van der Waals surface area contributed by atoms with E-state index in [-0.39, 0.29) is 23.6 Å². The number of halogens is 1. The summed E-state index contributed by atoms with van der Waals surface area (Å²) in [5.41, 5.74) is 0.503. The van der Waals surface area contributed by atoms with Crippen molar-refractivity contribution < 1.29 is 52.4 Å². The van der Waals surface area contributed by atoms with Gasteiger partial charge in [-0.25, -0.2) is 0 Å². The van der Waals surface area contributed by atoms with E-state index in [0.717, 1.165) is 20.8 Å². The molecule has 192 valence electrons. The summed E-state index contributed by atoms with van der Waals surface area (Å²) in [6.07, 6.45) is -6.43. The minimum atomic E-state index is -1.35. The first kappa shape index (κ1) is 28.1. The molecule has 0 saturated carbocycles. The molecular formula is C22H26BrNO11. The summed E-state index contributed by atoms with van der Waals surface area (Å²) in [7, 11) is 0. The first-order valence-corrected chi connectivity index (χ1v) is 11.5. The van der Waals surface area contributed by atoms with Crippen LogP contribution >= 0.6 is 15.9 Å². The Morgan fingerprint density at radius 3 is 1.89 bits per heavy atom. The molecule has 2 rings (SSSR count). The Morgan fingerprint density at radius 2 is 1.37 bits per heavy atom. The maximum absolute atomic E-state index is 11.9. The van der Waals surface area contributed by atoms with Crippen molar-refractivity contribution in [3.05, 3.63) is 24.3 Å². The van der Waals surface area contributed by atoms with Crippen LogP contribution in [0.2, 0.25) is 0 Å².